The van der Waals surface area contributed by atoms with Crippen LogP contribution in [-0.4, -0.2) is 23.7 Å². The van der Waals surface area contributed by atoms with Crippen LogP contribution in [0.4, 0.5) is 0 Å². The Morgan fingerprint density at radius 3 is 2.38 bits per heavy atom. The second kappa shape index (κ2) is 4.00. The molecule has 0 bridgehead atoms. The first-order valence-electron chi connectivity index (χ1n) is 2.26. The second-order valence-corrected chi connectivity index (χ2v) is 2.00. The minimum Gasteiger partial charge on any atom is -0.328 e. The zero-order valence-corrected chi connectivity index (χ0v) is 6.02. The van der Waals surface area contributed by atoms with Crippen LogP contribution in [0.1, 0.15) is 0 Å². The van der Waals surface area contributed by atoms with Gasteiger partial charge in [-0.1, -0.05) is 15.9 Å². The van der Waals surface area contributed by atoms with Crippen LogP contribution in [0.2, 0.25) is 0 Å². The summed E-state index contributed by atoms with van der Waals surface area (Å²) in [5.74, 6) is -0.0486. The van der Waals surface area contributed by atoms with Crippen molar-refractivity contribution in [2.24, 2.45) is 11.5 Å². The largest absolute Gasteiger partial charge is 0.328 e. The summed E-state index contributed by atoms with van der Waals surface area (Å²) >= 11 is 2.97. The predicted octanol–water partition coefficient (Wildman–Crippen LogP) is -0.764. The van der Waals surface area contributed by atoms with Crippen LogP contribution in [-0.2, 0) is 4.79 Å². The number of nitrogens with two attached hydrogens (primary N) is 2. The fourth-order valence-electron chi connectivity index (χ4n) is 0.231. The van der Waals surface area contributed by atoms with E-state index >= 15 is 0 Å². The molecule has 0 spiro atoms. The van der Waals surface area contributed by atoms with Crippen molar-refractivity contribution in [2.75, 3.05) is 11.9 Å². The second-order valence-electron chi connectivity index (χ2n) is 1.44. The third kappa shape index (κ3) is 2.40. The van der Waals surface area contributed by atoms with E-state index in [-0.39, 0.29) is 12.3 Å². The van der Waals surface area contributed by atoms with Crippen LogP contribution in [0.15, 0.2) is 0 Å². The molecule has 0 aromatic carbocycles. The number of halogens is 1. The Labute approximate surface area is 56.5 Å². The third-order valence-electron chi connectivity index (χ3n) is 0.799. The third-order valence-corrected chi connectivity index (χ3v) is 1.35. The minimum absolute atomic E-state index is 0.0486. The maximum Gasteiger partial charge on any atom is 0.161 e. The smallest absolute Gasteiger partial charge is 0.161 e. The molecular formula is C4H9BrN2O. The summed E-state index contributed by atoms with van der Waals surface area (Å²) in [6.45, 7) is 0.227. The van der Waals surface area contributed by atoms with Crippen molar-refractivity contribution in [3.05, 3.63) is 0 Å². The predicted molar refractivity (Wildman–Crippen MR) is 35.8 cm³/mol. The number of Topliss-reactive ketones (excluding diaryl/α,β-unsaturated/α-hetero) is 1. The monoisotopic (exact) mass is 180 g/mol. The Hall–Kier alpha value is 0.0700. The van der Waals surface area contributed by atoms with Crippen molar-refractivity contribution < 1.29 is 4.79 Å². The topological polar surface area (TPSA) is 69.1 Å². The van der Waals surface area contributed by atoms with Crippen molar-refractivity contribution in [2.45, 2.75) is 6.04 Å². The SMILES string of the molecule is NCC(N)C(=O)CBr. The molecule has 8 heavy (non-hydrogen) atoms. The number of carbonyl (C=O) groups is 1. The van der Waals surface area contributed by atoms with Gasteiger partial charge in [-0.15, -0.1) is 0 Å². The lowest BCUT2D eigenvalue weighted by Gasteiger charge is -2.01. The summed E-state index contributed by atoms with van der Waals surface area (Å²) in [5, 5.41) is 0.297. The molecule has 0 saturated carbocycles. The number of alkyl halides is 1. The number of carbonyl (C=O) groups excluding carboxylic acids is 1. The summed E-state index contributed by atoms with van der Waals surface area (Å²) in [5.41, 5.74) is 10.3. The van der Waals surface area contributed by atoms with Crippen molar-refractivity contribution in [1.29, 1.82) is 0 Å². The molecule has 1 unspecified atom stereocenters. The Kier molecular flexibility index (Phi) is 4.03. The maximum absolute atomic E-state index is 10.5. The van der Waals surface area contributed by atoms with Gasteiger partial charge in [0.25, 0.3) is 0 Å². The zero-order chi connectivity index (χ0) is 6.57. The molecule has 3 nitrogen and oxygen atoms in total. The standard InChI is InChI=1S/C4H9BrN2O/c5-1-4(8)3(7)2-6/h3H,1-2,6-7H2. The Morgan fingerprint density at radius 1 is 1.75 bits per heavy atom. The molecule has 0 aliphatic rings. The molecule has 0 aliphatic heterocycles. The van der Waals surface area contributed by atoms with Crippen LogP contribution in [0, 0.1) is 0 Å². The van der Waals surface area contributed by atoms with E-state index in [9.17, 15) is 4.79 Å². The van der Waals surface area contributed by atoms with Gasteiger partial charge in [-0.25, -0.2) is 0 Å². The van der Waals surface area contributed by atoms with Gasteiger partial charge in [-0.3, -0.25) is 4.79 Å². The van der Waals surface area contributed by atoms with E-state index in [2.05, 4.69) is 15.9 Å². The van der Waals surface area contributed by atoms with Crippen molar-refractivity contribution in [3.8, 4) is 0 Å². The first-order chi connectivity index (χ1) is 3.72. The number of hydrogen-bond donors (Lipinski definition) is 2. The molecule has 0 saturated heterocycles. The molecule has 48 valence electrons. The molecule has 0 aromatic rings. The summed E-state index contributed by atoms with van der Waals surface area (Å²) in [4.78, 5) is 10.5. The van der Waals surface area contributed by atoms with Gasteiger partial charge in [0.15, 0.2) is 5.78 Å². The number of rotatable bonds is 3. The molecular weight excluding hydrogens is 172 g/mol. The van der Waals surface area contributed by atoms with Gasteiger partial charge in [0.05, 0.1) is 11.4 Å². The van der Waals surface area contributed by atoms with Gasteiger partial charge in [0.1, 0.15) is 0 Å². The lowest BCUT2D eigenvalue weighted by Crippen LogP contribution is -2.38. The number of ketones is 1. The highest BCUT2D eigenvalue weighted by Gasteiger charge is 2.07. The van der Waals surface area contributed by atoms with Gasteiger partial charge in [0.2, 0.25) is 0 Å². The summed E-state index contributed by atoms with van der Waals surface area (Å²) in [7, 11) is 0. The van der Waals surface area contributed by atoms with E-state index in [1.54, 1.807) is 0 Å². The van der Waals surface area contributed by atoms with Crippen molar-refractivity contribution in [1.82, 2.24) is 0 Å². The lowest BCUT2D eigenvalue weighted by atomic mass is 10.2. The summed E-state index contributed by atoms with van der Waals surface area (Å²) < 4.78 is 0. The molecule has 0 rings (SSSR count). The van der Waals surface area contributed by atoms with Crippen LogP contribution < -0.4 is 11.5 Å². The van der Waals surface area contributed by atoms with Gasteiger partial charge >= 0.3 is 0 Å². The molecule has 4 N–H and O–H groups in total. The minimum atomic E-state index is -0.491. The molecule has 4 heteroatoms. The Balaban J connectivity index is 3.46. The van der Waals surface area contributed by atoms with E-state index in [1.165, 1.54) is 0 Å². The molecule has 0 fully saturated rings. The fourth-order valence-corrected chi connectivity index (χ4v) is 0.646. The van der Waals surface area contributed by atoms with Crippen LogP contribution in [0.25, 0.3) is 0 Å². The number of hydrogen-bond acceptors (Lipinski definition) is 3. The summed E-state index contributed by atoms with van der Waals surface area (Å²) in [6, 6.07) is -0.491. The van der Waals surface area contributed by atoms with Gasteiger partial charge in [-0.05, 0) is 0 Å². The Morgan fingerprint density at radius 2 is 2.25 bits per heavy atom. The van der Waals surface area contributed by atoms with Crippen molar-refractivity contribution in [3.63, 3.8) is 0 Å². The summed E-state index contributed by atoms with van der Waals surface area (Å²) in [6.07, 6.45) is 0. The molecule has 0 radical (unpaired) electrons. The first kappa shape index (κ1) is 8.07. The lowest BCUT2D eigenvalue weighted by molar-refractivity contribution is -0.117. The molecule has 0 aliphatic carbocycles. The average molecular weight is 181 g/mol. The Bertz CT molecular complexity index is 86.1. The van der Waals surface area contributed by atoms with Gasteiger partial charge in [0, 0.05) is 6.54 Å². The normalized spacial score (nSPS) is 13.4. The van der Waals surface area contributed by atoms with E-state index in [4.69, 9.17) is 11.5 Å². The average Bonchev–Trinajstić information content (AvgIpc) is 1.84. The fraction of sp³-hybridized carbons (Fsp3) is 0.750. The van der Waals surface area contributed by atoms with Crippen LogP contribution in [0.5, 0.6) is 0 Å². The molecule has 0 heterocycles. The van der Waals surface area contributed by atoms with Crippen LogP contribution >= 0.6 is 15.9 Å². The highest BCUT2D eigenvalue weighted by molar-refractivity contribution is 9.09. The highest BCUT2D eigenvalue weighted by Crippen LogP contribution is 1.84. The van der Waals surface area contributed by atoms with E-state index in [1.807, 2.05) is 0 Å². The molecule has 0 aromatic heterocycles. The van der Waals surface area contributed by atoms with Crippen LogP contribution in [0.3, 0.4) is 0 Å². The van der Waals surface area contributed by atoms with E-state index in [0.717, 1.165) is 0 Å². The van der Waals surface area contributed by atoms with Gasteiger partial charge < -0.3 is 11.5 Å². The first-order valence-corrected chi connectivity index (χ1v) is 3.38. The maximum atomic E-state index is 10.5. The van der Waals surface area contributed by atoms with E-state index < -0.39 is 6.04 Å². The highest BCUT2D eigenvalue weighted by atomic mass is 79.9. The zero-order valence-electron chi connectivity index (χ0n) is 4.43. The molecule has 1 atom stereocenters. The van der Waals surface area contributed by atoms with Gasteiger partial charge in [-0.2, -0.15) is 0 Å². The quantitative estimate of drug-likeness (QED) is 0.562. The van der Waals surface area contributed by atoms with Crippen molar-refractivity contribution >= 4 is 21.7 Å². The van der Waals surface area contributed by atoms with E-state index in [0.29, 0.717) is 5.33 Å². The molecule has 0 amide bonds.